The molecule has 0 amide bonds. The second kappa shape index (κ2) is 56.7. The van der Waals surface area contributed by atoms with Crippen LogP contribution >= 0.6 is 15.9 Å². The molecular weight excluding hydrogens is 1870 g/mol. The van der Waals surface area contributed by atoms with Gasteiger partial charge in [0.2, 0.25) is 0 Å². The molecule has 0 radical (unpaired) electrons. The number of aromatic nitrogens is 1. The summed E-state index contributed by atoms with van der Waals surface area (Å²) in [5.41, 5.74) is 19.3. The van der Waals surface area contributed by atoms with Gasteiger partial charge in [-0.25, -0.2) is 0 Å². The van der Waals surface area contributed by atoms with Crippen molar-refractivity contribution in [2.45, 2.75) is 329 Å². The lowest BCUT2D eigenvalue weighted by Crippen LogP contribution is -2.35. The van der Waals surface area contributed by atoms with E-state index in [0.717, 1.165) is 88.2 Å². The Balaban J connectivity index is 0.000000395. The molecule has 0 atom stereocenters. The van der Waals surface area contributed by atoms with Crippen LogP contribution in [0.2, 0.25) is 0 Å². The Hall–Kier alpha value is -9.83. The van der Waals surface area contributed by atoms with Gasteiger partial charge in [-0.05, 0) is 312 Å². The fourth-order valence-corrected chi connectivity index (χ4v) is 15.8. The van der Waals surface area contributed by atoms with Crippen molar-refractivity contribution in [3.63, 3.8) is 0 Å². The van der Waals surface area contributed by atoms with Crippen LogP contribution in [0.4, 0.5) is 90.4 Å². The number of nitrogens with zero attached hydrogens (tertiary/aromatic N) is 3. The van der Waals surface area contributed by atoms with E-state index in [9.17, 15) is 79.0 Å². The Labute approximate surface area is 827 Å². The molecule has 0 N–H and O–H groups in total. The molecule has 139 heavy (non-hydrogen) atoms. The summed E-state index contributed by atoms with van der Waals surface area (Å²) in [6.07, 6.45) is -20.1. The van der Waals surface area contributed by atoms with Gasteiger partial charge in [0.05, 0.1) is 33.4 Å². The normalized spacial score (nSPS) is 12.5. The second-order valence-electron chi connectivity index (χ2n) is 38.7. The fourth-order valence-electron chi connectivity index (χ4n) is 15.1. The number of hydrogen-bond donors (Lipinski definition) is 0. The third-order valence-corrected chi connectivity index (χ3v) is 23.9. The van der Waals surface area contributed by atoms with Gasteiger partial charge in [0.15, 0.2) is 0 Å². The Morgan fingerprint density at radius 1 is 0.266 bits per heavy atom. The average Bonchev–Trinajstić information content (AvgIpc) is 0.440. The van der Waals surface area contributed by atoms with Gasteiger partial charge in [-0.2, -0.15) is 79.0 Å². The van der Waals surface area contributed by atoms with E-state index in [1.165, 1.54) is 153 Å². The number of fused-ring (bicyclic) bond motifs is 2. The van der Waals surface area contributed by atoms with Gasteiger partial charge >= 0.3 is 37.1 Å². The van der Waals surface area contributed by atoms with E-state index in [0.29, 0.717) is 52.6 Å². The Morgan fingerprint density at radius 3 is 1.05 bits per heavy atom. The van der Waals surface area contributed by atoms with Gasteiger partial charge in [-0.1, -0.05) is 303 Å². The molecule has 10 aromatic carbocycles. The highest BCUT2D eigenvalue weighted by atomic mass is 79.9. The van der Waals surface area contributed by atoms with Crippen LogP contribution in [0.15, 0.2) is 235 Å². The number of halogens is 19. The average molecular weight is 2020 g/mol. The van der Waals surface area contributed by atoms with Gasteiger partial charge in [0, 0.05) is 52.9 Å². The minimum Gasteiger partial charge on any atom is -0.369 e. The smallest absolute Gasteiger partial charge is 0.369 e. The van der Waals surface area contributed by atoms with Crippen LogP contribution in [-0.2, 0) is 49.9 Å². The summed E-state index contributed by atoms with van der Waals surface area (Å²) in [6, 6.07) is 65.2. The molecule has 0 spiro atoms. The third kappa shape index (κ3) is 43.3. The lowest BCUT2D eigenvalue weighted by Gasteiger charge is -2.35. The summed E-state index contributed by atoms with van der Waals surface area (Å²) in [4.78, 5) is 8.54. The van der Waals surface area contributed by atoms with E-state index in [4.69, 9.17) is 0 Å². The first-order chi connectivity index (χ1) is 64.2. The van der Waals surface area contributed by atoms with Crippen molar-refractivity contribution < 1.29 is 79.0 Å². The topological polar surface area (TPSA) is 19.4 Å². The van der Waals surface area contributed by atoms with Gasteiger partial charge in [-0.15, -0.1) is 0 Å². The van der Waals surface area contributed by atoms with Crippen molar-refractivity contribution in [3.8, 4) is 0 Å². The van der Waals surface area contributed by atoms with Crippen molar-refractivity contribution >= 4 is 27.3 Å². The first-order valence-electron chi connectivity index (χ1n) is 47.7. The molecule has 1 aromatic heterocycles. The molecule has 0 fully saturated rings. The predicted octanol–water partition coefficient (Wildman–Crippen LogP) is 39.4. The maximum absolute atomic E-state index is 12.6. The Morgan fingerprint density at radius 2 is 0.647 bits per heavy atom. The summed E-state index contributed by atoms with van der Waals surface area (Å²) >= 11 is 3.23. The molecule has 764 valence electrons. The highest BCUT2D eigenvalue weighted by Gasteiger charge is 2.37. The first kappa shape index (κ1) is 123. The van der Waals surface area contributed by atoms with Crippen LogP contribution in [0.3, 0.4) is 0 Å². The number of alkyl halides is 18. The van der Waals surface area contributed by atoms with Crippen LogP contribution in [-0.4, -0.2) is 30.2 Å². The monoisotopic (exact) mass is 2020 g/mol. The Bertz CT molecular complexity index is 5230. The van der Waals surface area contributed by atoms with Crippen molar-refractivity contribution in [2.24, 2.45) is 0 Å². The predicted molar refractivity (Wildman–Crippen MR) is 548 cm³/mol. The van der Waals surface area contributed by atoms with E-state index >= 15 is 0 Å². The molecule has 3 heterocycles. The number of rotatable bonds is 11. The molecule has 11 aromatic rings. The zero-order valence-electron chi connectivity index (χ0n) is 86.6. The summed E-state index contributed by atoms with van der Waals surface area (Å²) in [6.45, 7) is 61.7. The van der Waals surface area contributed by atoms with Crippen LogP contribution in [0, 0.1) is 48.5 Å². The summed E-state index contributed by atoms with van der Waals surface area (Å²) in [5, 5.41) is 0. The summed E-state index contributed by atoms with van der Waals surface area (Å²) in [5.74, 6) is 2.85. The van der Waals surface area contributed by atoms with E-state index in [1.54, 1.807) is 32.0 Å². The summed E-state index contributed by atoms with van der Waals surface area (Å²) in [7, 11) is 0. The van der Waals surface area contributed by atoms with E-state index in [-0.39, 0.29) is 29.6 Å². The molecule has 0 aliphatic carbocycles. The van der Waals surface area contributed by atoms with Gasteiger partial charge in [0.1, 0.15) is 0 Å². The molecule has 2 aliphatic heterocycles. The quantitative estimate of drug-likeness (QED) is 0.120. The maximum Gasteiger partial charge on any atom is 0.416 e. The summed E-state index contributed by atoms with van der Waals surface area (Å²) < 4.78 is 223. The minimum atomic E-state index is -4.27. The molecule has 0 unspecified atom stereocenters. The third-order valence-electron chi connectivity index (χ3n) is 23.2. The Kier molecular flexibility index (Phi) is 50.3. The van der Waals surface area contributed by atoms with Crippen LogP contribution in [0.5, 0.6) is 0 Å². The zero-order valence-corrected chi connectivity index (χ0v) is 88.1. The van der Waals surface area contributed by atoms with Crippen molar-refractivity contribution in [1.82, 2.24) is 4.98 Å². The first-order valence-corrected chi connectivity index (χ1v) is 48.5. The zero-order chi connectivity index (χ0) is 106. The lowest BCUT2D eigenvalue weighted by molar-refractivity contribution is -0.139. The second-order valence-corrected chi connectivity index (χ2v) is 39.5. The number of anilines is 2. The van der Waals surface area contributed by atoms with Crippen molar-refractivity contribution in [1.29, 1.82) is 0 Å². The highest BCUT2D eigenvalue weighted by molar-refractivity contribution is 9.10. The van der Waals surface area contributed by atoms with Gasteiger partial charge in [-0.3, -0.25) is 4.98 Å². The van der Waals surface area contributed by atoms with Gasteiger partial charge in [0.25, 0.3) is 0 Å². The van der Waals surface area contributed by atoms with Crippen LogP contribution < -0.4 is 9.80 Å². The van der Waals surface area contributed by atoms with Crippen molar-refractivity contribution in [2.75, 3.05) is 22.9 Å². The van der Waals surface area contributed by atoms with Crippen LogP contribution in [0.25, 0.3) is 0 Å². The number of hydrogen-bond acceptors (Lipinski definition) is 3. The van der Waals surface area contributed by atoms with Crippen LogP contribution in [0.1, 0.15) is 352 Å². The standard InChI is InChI=1S/C13H16F3N.C13H19N.C11H13F3.C11H16.C10H10BrF3.2C10H11F3.3C10H14.C9H10F3N/c1-9(2)17-7-3-4-10-8-11(13(14,15)16)5-6-12(10)17;1-10(2)14-8-4-5-12-7-6-11(3)9-13(12)14;1-7(2)10-6-9(11(12,13)14)5-4-8(10)3;1-8(2)11-9(3)6-5-7-10(11)4;1-6(2)8-5-7(10(12,13)14)3-4-9(8)11;1-7(2)8-4-3-5-9(6-8)10(11,12)13;1-7(2)8-5-3-4-6-9(8)10(11,12)13;2*1-8(2)10-6-4-9(3)5-7-10;1-8(2)10-6-4-5-9(3)7-10;1-6(2)8-5-7(3-4-13-8)9(10,11)12/h5-6,8-9H,3-4,7H2,1-2H3;6-7,9-10H,4-5,8H2,1-3H3;4-7H,1-3H3;5-8H,1-4H3;3-6H,1-2H3;2*3-7H,1-2H3;3*4-8H,1-3H3;3-6H,1-2H3. The molecular formula is C117H148BrF18N3. The SMILES string of the molecule is CC(C)N1CCCc2cc(C(F)(F)F)ccc21.CC(C)c1cc(C(F)(F)F)ccc1Br.CC(C)c1cc(C(F)(F)F)ccn1.CC(C)c1cccc(C(F)(F)F)c1.CC(C)c1ccccc1C(F)(F)F.Cc1ccc(C(C)C)cc1.Cc1ccc(C(C)C)cc1.Cc1ccc(C(F)(F)F)cc1C(C)C.Cc1ccc2c(c1)N(C(C)C)CCC2.Cc1cccc(C(C)C)c1.Cc1cccc(C)c1C(C)C. The van der Waals surface area contributed by atoms with E-state index in [1.807, 2.05) is 62.3 Å². The number of pyridine rings is 1. The van der Waals surface area contributed by atoms with Crippen molar-refractivity contribution in [3.05, 3.63) is 369 Å². The molecule has 0 bridgehead atoms. The fraction of sp³-hybridized carbons (Fsp3) is 0.444. The molecule has 22 heteroatoms. The molecule has 2 aliphatic rings. The van der Waals surface area contributed by atoms with E-state index in [2.05, 4.69) is 265 Å². The largest absolute Gasteiger partial charge is 0.416 e. The highest BCUT2D eigenvalue weighted by Crippen LogP contribution is 2.41. The van der Waals surface area contributed by atoms with E-state index < -0.39 is 70.4 Å². The minimum absolute atomic E-state index is 0.0160. The molecule has 3 nitrogen and oxygen atoms in total. The molecule has 0 saturated heterocycles. The van der Waals surface area contributed by atoms with Gasteiger partial charge < -0.3 is 9.80 Å². The number of aryl methyl sites for hydroxylation is 9. The molecule has 13 rings (SSSR count). The molecule has 0 saturated carbocycles. The maximum atomic E-state index is 12.6. The number of benzene rings is 10. The lowest BCUT2D eigenvalue weighted by atomic mass is 9.94.